The van der Waals surface area contributed by atoms with Gasteiger partial charge in [-0.3, -0.25) is 0 Å². The van der Waals surface area contributed by atoms with Gasteiger partial charge in [0, 0.05) is 5.39 Å². The van der Waals surface area contributed by atoms with Gasteiger partial charge >= 0.3 is 5.63 Å². The predicted octanol–water partition coefficient (Wildman–Crippen LogP) is 3.43. The summed E-state index contributed by atoms with van der Waals surface area (Å²) in [6, 6.07) is 5.91. The van der Waals surface area contributed by atoms with Gasteiger partial charge in [-0.15, -0.1) is 0 Å². The molecule has 2 aromatic rings. The van der Waals surface area contributed by atoms with E-state index in [-0.39, 0.29) is 5.63 Å². The molecule has 3 heteroatoms. The third-order valence-corrected chi connectivity index (χ3v) is 3.49. The molecule has 0 amide bonds. The highest BCUT2D eigenvalue weighted by Gasteiger charge is 2.08. The van der Waals surface area contributed by atoms with E-state index in [0.717, 1.165) is 17.4 Å². The summed E-state index contributed by atoms with van der Waals surface area (Å²) < 4.78 is 5.69. The Bertz CT molecular complexity index is 570. The molecule has 0 bridgehead atoms. The summed E-state index contributed by atoms with van der Waals surface area (Å²) in [5, 5.41) is 1.00. The lowest BCUT2D eigenvalue weighted by atomic mass is 10.1. The monoisotopic (exact) mass is 266 g/mol. The maximum absolute atomic E-state index is 11.4. The van der Waals surface area contributed by atoms with Crippen molar-refractivity contribution in [3.05, 3.63) is 44.2 Å². The second-order valence-corrected chi connectivity index (χ2v) is 4.31. The molecule has 2 rings (SSSR count). The summed E-state index contributed by atoms with van der Waals surface area (Å²) in [4.78, 5) is 11.4. The number of aryl methyl sites for hydroxylation is 2. The highest BCUT2D eigenvalue weighted by molar-refractivity contribution is 9.10. The lowest BCUT2D eigenvalue weighted by Crippen LogP contribution is -2.02. The fourth-order valence-electron chi connectivity index (χ4n) is 1.60. The molecule has 0 N–H and O–H groups in total. The average Bonchev–Trinajstić information content (AvgIpc) is 2.26. The van der Waals surface area contributed by atoms with Gasteiger partial charge in [0.2, 0.25) is 0 Å². The minimum absolute atomic E-state index is 0.316. The van der Waals surface area contributed by atoms with Crippen molar-refractivity contribution in [1.29, 1.82) is 0 Å². The molecule has 1 heterocycles. The molecule has 0 aliphatic carbocycles. The van der Waals surface area contributed by atoms with Gasteiger partial charge in [0.05, 0.1) is 0 Å². The van der Waals surface area contributed by atoms with E-state index >= 15 is 0 Å². The van der Waals surface area contributed by atoms with E-state index in [2.05, 4.69) is 28.9 Å². The number of hydrogen-bond acceptors (Lipinski definition) is 2. The molecule has 78 valence electrons. The smallest absolute Gasteiger partial charge is 0.350 e. The molecular weight excluding hydrogens is 256 g/mol. The normalized spacial score (nSPS) is 10.9. The van der Waals surface area contributed by atoms with Crippen LogP contribution in [0.4, 0.5) is 0 Å². The molecule has 0 radical (unpaired) electrons. The van der Waals surface area contributed by atoms with Crippen LogP contribution in [0.2, 0.25) is 0 Å². The zero-order valence-electron chi connectivity index (χ0n) is 8.63. The van der Waals surface area contributed by atoms with Gasteiger partial charge < -0.3 is 4.42 Å². The number of fused-ring (bicyclic) bond motifs is 1. The molecule has 2 nitrogen and oxygen atoms in total. The number of halogens is 1. The summed E-state index contributed by atoms with van der Waals surface area (Å²) >= 11 is 3.24. The van der Waals surface area contributed by atoms with E-state index in [1.807, 2.05) is 19.1 Å². The number of benzene rings is 1. The topological polar surface area (TPSA) is 30.2 Å². The fraction of sp³-hybridized carbons (Fsp3) is 0.250. The summed E-state index contributed by atoms with van der Waals surface area (Å²) in [5.74, 6) is 0. The first-order chi connectivity index (χ1) is 7.13. The molecule has 0 unspecified atom stereocenters. The maximum atomic E-state index is 11.4. The van der Waals surface area contributed by atoms with Gasteiger partial charge in [0.1, 0.15) is 10.1 Å². The number of rotatable bonds is 1. The molecular formula is C12H11BrO2. The molecule has 0 saturated carbocycles. The summed E-state index contributed by atoms with van der Waals surface area (Å²) in [6.45, 7) is 4.02. The molecule has 0 atom stereocenters. The van der Waals surface area contributed by atoms with Crippen LogP contribution in [0.3, 0.4) is 0 Å². The zero-order valence-corrected chi connectivity index (χ0v) is 10.2. The Morgan fingerprint density at radius 1 is 1.40 bits per heavy atom. The Labute approximate surface area is 96.0 Å². The predicted molar refractivity (Wildman–Crippen MR) is 64.3 cm³/mol. The minimum Gasteiger partial charge on any atom is -0.422 e. The van der Waals surface area contributed by atoms with E-state index in [0.29, 0.717) is 10.1 Å². The zero-order chi connectivity index (χ0) is 11.0. The molecule has 0 fully saturated rings. The maximum Gasteiger partial charge on any atom is 0.350 e. The van der Waals surface area contributed by atoms with Crippen LogP contribution >= 0.6 is 15.9 Å². The standard InChI is InChI=1S/C12H11BrO2/c1-3-8-4-5-10-9(6-8)7(2)11(13)12(14)15-10/h4-6H,3H2,1-2H3. The van der Waals surface area contributed by atoms with Crippen LogP contribution in [0, 0.1) is 6.92 Å². The molecule has 1 aromatic carbocycles. The van der Waals surface area contributed by atoms with Gasteiger partial charge in [0.15, 0.2) is 0 Å². The van der Waals surface area contributed by atoms with Crippen molar-refractivity contribution in [3.8, 4) is 0 Å². The van der Waals surface area contributed by atoms with E-state index in [9.17, 15) is 4.79 Å². The first kappa shape index (κ1) is 10.4. The Morgan fingerprint density at radius 3 is 2.80 bits per heavy atom. The quantitative estimate of drug-likeness (QED) is 0.741. The van der Waals surface area contributed by atoms with Gasteiger partial charge in [0.25, 0.3) is 0 Å². The minimum atomic E-state index is -0.316. The summed E-state index contributed by atoms with van der Waals surface area (Å²) in [5.41, 5.74) is 2.52. The SMILES string of the molecule is CCc1ccc2oc(=O)c(Br)c(C)c2c1. The first-order valence-electron chi connectivity index (χ1n) is 4.85. The molecule has 1 aromatic heterocycles. The first-order valence-corrected chi connectivity index (χ1v) is 5.64. The molecule has 0 saturated heterocycles. The van der Waals surface area contributed by atoms with Crippen molar-refractivity contribution in [2.24, 2.45) is 0 Å². The van der Waals surface area contributed by atoms with E-state index in [1.54, 1.807) is 0 Å². The second kappa shape index (κ2) is 3.81. The van der Waals surface area contributed by atoms with Crippen LogP contribution in [0.5, 0.6) is 0 Å². The Balaban J connectivity index is 2.87. The van der Waals surface area contributed by atoms with Crippen molar-refractivity contribution in [2.75, 3.05) is 0 Å². The van der Waals surface area contributed by atoms with Crippen molar-refractivity contribution in [1.82, 2.24) is 0 Å². The van der Waals surface area contributed by atoms with E-state index < -0.39 is 0 Å². The van der Waals surface area contributed by atoms with Crippen molar-refractivity contribution in [2.45, 2.75) is 20.3 Å². The third kappa shape index (κ3) is 1.72. The largest absolute Gasteiger partial charge is 0.422 e. The van der Waals surface area contributed by atoms with Gasteiger partial charge in [-0.2, -0.15) is 0 Å². The Hall–Kier alpha value is -1.09. The van der Waals surface area contributed by atoms with Crippen LogP contribution in [-0.4, -0.2) is 0 Å². The Morgan fingerprint density at radius 2 is 2.13 bits per heavy atom. The third-order valence-electron chi connectivity index (χ3n) is 2.57. The Kier molecular flexibility index (Phi) is 2.65. The van der Waals surface area contributed by atoms with Crippen LogP contribution in [-0.2, 0) is 6.42 Å². The summed E-state index contributed by atoms with van der Waals surface area (Å²) in [6.07, 6.45) is 0.978. The van der Waals surface area contributed by atoms with E-state index in [1.165, 1.54) is 5.56 Å². The summed E-state index contributed by atoms with van der Waals surface area (Å²) in [7, 11) is 0. The lowest BCUT2D eigenvalue weighted by Gasteiger charge is -2.04. The van der Waals surface area contributed by atoms with Crippen molar-refractivity contribution in [3.63, 3.8) is 0 Å². The fourth-order valence-corrected chi connectivity index (χ4v) is 1.89. The average molecular weight is 267 g/mol. The van der Waals surface area contributed by atoms with Crippen molar-refractivity contribution < 1.29 is 4.42 Å². The molecule has 15 heavy (non-hydrogen) atoms. The highest BCUT2D eigenvalue weighted by Crippen LogP contribution is 2.23. The highest BCUT2D eigenvalue weighted by atomic mass is 79.9. The molecule has 0 spiro atoms. The van der Waals surface area contributed by atoms with E-state index in [4.69, 9.17) is 4.42 Å². The lowest BCUT2D eigenvalue weighted by molar-refractivity contribution is 0.555. The van der Waals surface area contributed by atoms with Crippen LogP contribution < -0.4 is 5.63 Å². The van der Waals surface area contributed by atoms with Gasteiger partial charge in [-0.25, -0.2) is 4.79 Å². The molecule has 0 aliphatic heterocycles. The van der Waals surface area contributed by atoms with Gasteiger partial charge in [-0.05, 0) is 52.5 Å². The van der Waals surface area contributed by atoms with Crippen LogP contribution in [0.15, 0.2) is 31.9 Å². The van der Waals surface area contributed by atoms with Crippen LogP contribution in [0.1, 0.15) is 18.1 Å². The van der Waals surface area contributed by atoms with Crippen molar-refractivity contribution >= 4 is 26.9 Å². The second-order valence-electron chi connectivity index (χ2n) is 3.51. The van der Waals surface area contributed by atoms with Crippen LogP contribution in [0.25, 0.3) is 11.0 Å². The number of hydrogen-bond donors (Lipinski definition) is 0. The van der Waals surface area contributed by atoms with Gasteiger partial charge in [-0.1, -0.05) is 13.0 Å². The molecule has 0 aliphatic rings.